The summed E-state index contributed by atoms with van der Waals surface area (Å²) >= 11 is 0. The Bertz CT molecular complexity index is 9.65. The van der Waals surface area contributed by atoms with Crippen molar-refractivity contribution in [3.05, 3.63) is 0 Å². The quantitative estimate of drug-likeness (QED) is 0.380. The van der Waals surface area contributed by atoms with E-state index in [4.69, 9.17) is 0 Å². The molecule has 40 valence electrons. The first-order valence-electron chi connectivity index (χ1n) is 0. The largest absolute Gasteiger partial charge is 0.412 e. The van der Waals surface area contributed by atoms with Crippen LogP contribution in [-0.4, -0.2) is 32.9 Å². The SMILES string of the molecule is O.O.O.O.[Si].[Zn].[Zn]. The van der Waals surface area contributed by atoms with Crippen LogP contribution in [0.1, 0.15) is 0 Å². The van der Waals surface area contributed by atoms with Crippen LogP contribution < -0.4 is 0 Å². The standard InChI is InChI=1S/4H2O.Si.2Zn/h4*1H2;;;. The monoisotopic (exact) mass is 228 g/mol. The van der Waals surface area contributed by atoms with Gasteiger partial charge in [0, 0.05) is 49.9 Å². The average molecular weight is 231 g/mol. The third kappa shape index (κ3) is 121. The Hall–Kier alpha value is 1.30. The van der Waals surface area contributed by atoms with Crippen LogP contribution in [0.4, 0.5) is 0 Å². The van der Waals surface area contributed by atoms with Gasteiger partial charge in [0.15, 0.2) is 0 Å². The summed E-state index contributed by atoms with van der Waals surface area (Å²) in [6, 6.07) is 0. The Kier molecular flexibility index (Phi) is 6360. The van der Waals surface area contributed by atoms with Gasteiger partial charge in [-0.15, -0.1) is 0 Å². The summed E-state index contributed by atoms with van der Waals surface area (Å²) < 4.78 is 0. The van der Waals surface area contributed by atoms with Crippen LogP contribution in [0, 0.1) is 0 Å². The molecule has 0 rings (SSSR count). The van der Waals surface area contributed by atoms with Crippen molar-refractivity contribution in [3.63, 3.8) is 0 Å². The average Bonchev–Trinajstić information content (AvgIpc) is 0. The minimum absolute atomic E-state index is 0. The maximum absolute atomic E-state index is 0. The van der Waals surface area contributed by atoms with Crippen LogP contribution in [0.5, 0.6) is 0 Å². The predicted molar refractivity (Wildman–Crippen MR) is 20.2 cm³/mol. The van der Waals surface area contributed by atoms with Gasteiger partial charge in [-0.2, -0.15) is 0 Å². The molecule has 7 heavy (non-hydrogen) atoms. The van der Waals surface area contributed by atoms with Crippen LogP contribution in [0.2, 0.25) is 0 Å². The fraction of sp³-hybridized carbons (Fsp3) is 0. The molecule has 0 heterocycles. The number of hydrogen-bond acceptors (Lipinski definition) is 0. The molecule has 0 unspecified atom stereocenters. The van der Waals surface area contributed by atoms with Crippen molar-refractivity contribution in [1.82, 2.24) is 0 Å². The van der Waals surface area contributed by atoms with Gasteiger partial charge in [-0.05, 0) is 0 Å². The van der Waals surface area contributed by atoms with Crippen LogP contribution in [0.25, 0.3) is 0 Å². The summed E-state index contributed by atoms with van der Waals surface area (Å²) in [6.45, 7) is 0. The van der Waals surface area contributed by atoms with Gasteiger partial charge in [-0.3, -0.25) is 0 Å². The maximum Gasteiger partial charge on any atom is 0 e. The summed E-state index contributed by atoms with van der Waals surface area (Å²) in [6.07, 6.45) is 0. The normalized spacial score (nSPS) is 0. The van der Waals surface area contributed by atoms with Crippen molar-refractivity contribution >= 4 is 11.0 Å². The second kappa shape index (κ2) is 171. The van der Waals surface area contributed by atoms with Gasteiger partial charge in [0.05, 0.1) is 0 Å². The van der Waals surface area contributed by atoms with Gasteiger partial charge < -0.3 is 21.9 Å². The molecule has 0 aromatic carbocycles. The van der Waals surface area contributed by atoms with E-state index >= 15 is 0 Å². The third-order valence-electron chi connectivity index (χ3n) is 0. The molecule has 0 amide bonds. The van der Waals surface area contributed by atoms with E-state index in [-0.39, 0.29) is 71.8 Å². The molecule has 0 fully saturated rings. The fourth-order valence-corrected chi connectivity index (χ4v) is 0. The molecule has 0 saturated heterocycles. The Balaban J connectivity index is 0. The number of hydrogen-bond donors (Lipinski definition) is 0. The topological polar surface area (TPSA) is 126 Å². The van der Waals surface area contributed by atoms with Crippen LogP contribution in [0.3, 0.4) is 0 Å². The molecule has 0 aliphatic carbocycles. The summed E-state index contributed by atoms with van der Waals surface area (Å²) in [5.74, 6) is 0. The van der Waals surface area contributed by atoms with Crippen LogP contribution in [0.15, 0.2) is 0 Å². The molecule has 0 aromatic heterocycles. The smallest absolute Gasteiger partial charge is 0 e. The second-order valence-corrected chi connectivity index (χ2v) is 0. The maximum atomic E-state index is 0. The minimum Gasteiger partial charge on any atom is -0.412 e. The van der Waals surface area contributed by atoms with Gasteiger partial charge in [0.25, 0.3) is 0 Å². The summed E-state index contributed by atoms with van der Waals surface area (Å²) in [7, 11) is 0. The molecule has 4 nitrogen and oxygen atoms in total. The van der Waals surface area contributed by atoms with Crippen molar-refractivity contribution in [1.29, 1.82) is 0 Å². The molecule has 0 spiro atoms. The first-order valence-corrected chi connectivity index (χ1v) is 0. The first-order chi connectivity index (χ1) is 0. The van der Waals surface area contributed by atoms with E-state index in [9.17, 15) is 0 Å². The Morgan fingerprint density at radius 3 is 0.429 bits per heavy atom. The van der Waals surface area contributed by atoms with E-state index in [1.165, 1.54) is 0 Å². The molecule has 0 aliphatic rings. The summed E-state index contributed by atoms with van der Waals surface area (Å²) in [5, 5.41) is 0. The minimum atomic E-state index is 0. The van der Waals surface area contributed by atoms with Crippen LogP contribution >= 0.6 is 0 Å². The molecule has 4 radical (unpaired) electrons. The van der Waals surface area contributed by atoms with Crippen LogP contribution in [-0.2, 0) is 39.0 Å². The fourth-order valence-electron chi connectivity index (χ4n) is 0. The van der Waals surface area contributed by atoms with Gasteiger partial charge >= 0.3 is 0 Å². The van der Waals surface area contributed by atoms with Crippen molar-refractivity contribution in [2.75, 3.05) is 0 Å². The van der Waals surface area contributed by atoms with Gasteiger partial charge in [-0.1, -0.05) is 0 Å². The third-order valence-corrected chi connectivity index (χ3v) is 0. The zero-order chi connectivity index (χ0) is 0. The molecule has 7 heteroatoms. The number of rotatable bonds is 0. The van der Waals surface area contributed by atoms with Crippen molar-refractivity contribution in [2.24, 2.45) is 0 Å². The van der Waals surface area contributed by atoms with E-state index in [1.807, 2.05) is 0 Å². The van der Waals surface area contributed by atoms with Crippen molar-refractivity contribution in [2.45, 2.75) is 0 Å². The van der Waals surface area contributed by atoms with E-state index in [0.29, 0.717) is 0 Å². The van der Waals surface area contributed by atoms with Crippen molar-refractivity contribution in [3.8, 4) is 0 Å². The van der Waals surface area contributed by atoms with E-state index in [2.05, 4.69) is 0 Å². The van der Waals surface area contributed by atoms with Gasteiger partial charge in [0.2, 0.25) is 0 Å². The first kappa shape index (κ1) is 261. The van der Waals surface area contributed by atoms with Gasteiger partial charge in [-0.25, -0.2) is 0 Å². The zero-order valence-electron chi connectivity index (χ0n) is 3.91. The van der Waals surface area contributed by atoms with E-state index < -0.39 is 0 Å². The Morgan fingerprint density at radius 1 is 0.429 bits per heavy atom. The van der Waals surface area contributed by atoms with E-state index in [1.54, 1.807) is 0 Å². The zero-order valence-corrected chi connectivity index (χ0v) is 10.8. The summed E-state index contributed by atoms with van der Waals surface area (Å²) in [5.41, 5.74) is 0. The molecule has 0 bridgehead atoms. The molecule has 0 aliphatic heterocycles. The molecule has 0 aromatic rings. The van der Waals surface area contributed by atoms with Crippen molar-refractivity contribution < 1.29 is 60.9 Å². The Morgan fingerprint density at radius 2 is 0.429 bits per heavy atom. The van der Waals surface area contributed by atoms with Gasteiger partial charge in [0.1, 0.15) is 0 Å². The molecule has 8 N–H and O–H groups in total. The second-order valence-electron chi connectivity index (χ2n) is 0. The molecular weight excluding hydrogens is 223 g/mol. The molecule has 0 atom stereocenters. The van der Waals surface area contributed by atoms with E-state index in [0.717, 1.165) is 0 Å². The molecular formula is H8O4SiZn2. The summed E-state index contributed by atoms with van der Waals surface area (Å²) in [4.78, 5) is 0. The molecule has 0 saturated carbocycles. The predicted octanol–water partition coefficient (Wildman–Crippen LogP) is -3.68. The Labute approximate surface area is 71.8 Å².